The fourth-order valence-corrected chi connectivity index (χ4v) is 5.74. The molecule has 6 rings (SSSR count). The molecule has 0 aliphatic carbocycles. The van der Waals surface area contributed by atoms with Crippen LogP contribution in [0, 0.1) is 13.8 Å². The molecule has 0 fully saturated rings. The number of carbonyl (C=O) groups is 4. The average molecular weight is 651 g/mol. The van der Waals surface area contributed by atoms with Gasteiger partial charge in [0.2, 0.25) is 0 Å². The number of hydrogen-bond acceptors (Lipinski definition) is 5. The molecule has 0 saturated carbocycles. The first-order chi connectivity index (χ1) is 23.0. The Morgan fingerprint density at radius 1 is 0.750 bits per heavy atom. The molecule has 0 spiro atoms. The zero-order valence-electron chi connectivity index (χ0n) is 27.2. The number of aromatic amines is 2. The summed E-state index contributed by atoms with van der Waals surface area (Å²) in [6, 6.07) is 11.4. The summed E-state index contributed by atoms with van der Waals surface area (Å²) in [5.41, 5.74) is 11.1. The molecule has 0 bridgehead atoms. The predicted octanol–water partition coefficient (Wildman–Crippen LogP) is 6.24. The summed E-state index contributed by atoms with van der Waals surface area (Å²) in [6.07, 6.45) is 9.27. The van der Waals surface area contributed by atoms with E-state index in [-0.39, 0.29) is 24.7 Å². The Bertz CT molecular complexity index is 1840. The van der Waals surface area contributed by atoms with E-state index >= 15 is 0 Å². The Balaban J connectivity index is 0.000000188. The third kappa shape index (κ3) is 7.25. The van der Waals surface area contributed by atoms with Gasteiger partial charge in [0, 0.05) is 59.1 Å². The van der Waals surface area contributed by atoms with Gasteiger partial charge in [-0.05, 0) is 103 Å². The number of amides is 2. The highest BCUT2D eigenvalue weighted by Gasteiger charge is 2.26. The van der Waals surface area contributed by atoms with Crippen molar-refractivity contribution >= 4 is 58.4 Å². The van der Waals surface area contributed by atoms with Crippen LogP contribution in [0.2, 0.25) is 0 Å². The highest BCUT2D eigenvalue weighted by molar-refractivity contribution is 6.35. The Morgan fingerprint density at radius 2 is 1.23 bits per heavy atom. The smallest absolute Gasteiger partial charge is 0.303 e. The minimum atomic E-state index is -0.827. The van der Waals surface area contributed by atoms with Crippen molar-refractivity contribution in [3.63, 3.8) is 0 Å². The highest BCUT2D eigenvalue weighted by Crippen LogP contribution is 2.37. The van der Waals surface area contributed by atoms with Crippen molar-refractivity contribution in [1.29, 1.82) is 0 Å². The standard InChI is InChI=1S/C19H20N2O3.C18H18N2O4/c1-3-12-4-6-16-14(8-12)15(19(24)21-16)9-17-11(2)13(10-20-17)5-7-18(22)23;1-10-11(3-6-17(21)22)9-19-16(10)8-14-13-7-12(24-2)4-5-15(13)20-18(14)23/h4,6,8-10,20H,3,5,7H2,1-2H3,(H,21,24)(H,22,23);4-5,7-9,19H,3,6H2,1-2H3,(H,20,23)(H,21,22). The summed E-state index contributed by atoms with van der Waals surface area (Å²) in [4.78, 5) is 52.3. The molecule has 2 aliphatic rings. The molecule has 0 radical (unpaired) electrons. The number of ether oxygens (including phenoxy) is 1. The van der Waals surface area contributed by atoms with E-state index in [1.807, 2.05) is 56.5 Å². The number of carboxylic acids is 2. The Labute approximate surface area is 277 Å². The molecule has 0 unspecified atom stereocenters. The third-order valence-electron chi connectivity index (χ3n) is 8.65. The first-order valence-corrected chi connectivity index (χ1v) is 15.6. The number of hydrogen-bond donors (Lipinski definition) is 6. The number of fused-ring (bicyclic) bond motifs is 2. The van der Waals surface area contributed by atoms with Crippen molar-refractivity contribution in [2.24, 2.45) is 0 Å². The Kier molecular flexibility index (Phi) is 9.98. The van der Waals surface area contributed by atoms with Gasteiger partial charge in [-0.25, -0.2) is 0 Å². The van der Waals surface area contributed by atoms with Crippen LogP contribution in [0.25, 0.3) is 23.3 Å². The topological polar surface area (TPSA) is 174 Å². The second kappa shape index (κ2) is 14.3. The van der Waals surface area contributed by atoms with Crippen LogP contribution in [0.3, 0.4) is 0 Å². The summed E-state index contributed by atoms with van der Waals surface area (Å²) in [7, 11) is 1.58. The van der Waals surface area contributed by atoms with Gasteiger partial charge in [-0.15, -0.1) is 0 Å². The molecular weight excluding hydrogens is 612 g/mol. The lowest BCUT2D eigenvalue weighted by atomic mass is 10.0. The third-order valence-corrected chi connectivity index (χ3v) is 8.65. The summed E-state index contributed by atoms with van der Waals surface area (Å²) in [6.45, 7) is 5.94. The molecular formula is C37H38N4O7. The molecule has 11 heteroatoms. The maximum Gasteiger partial charge on any atom is 0.303 e. The van der Waals surface area contributed by atoms with Crippen LogP contribution in [0.1, 0.15) is 70.1 Å². The molecule has 6 N–H and O–H groups in total. The van der Waals surface area contributed by atoms with Crippen molar-refractivity contribution in [1.82, 2.24) is 9.97 Å². The molecule has 248 valence electrons. The first-order valence-electron chi connectivity index (χ1n) is 15.6. The van der Waals surface area contributed by atoms with E-state index in [1.165, 1.54) is 5.56 Å². The van der Waals surface area contributed by atoms with E-state index in [0.29, 0.717) is 29.7 Å². The number of carboxylic acid groups (broad SMARTS) is 2. The van der Waals surface area contributed by atoms with E-state index < -0.39 is 11.9 Å². The fraction of sp³-hybridized carbons (Fsp3) is 0.243. The number of aliphatic carboxylic acids is 2. The largest absolute Gasteiger partial charge is 0.497 e. The molecule has 0 saturated heterocycles. The number of methoxy groups -OCH3 is 1. The fourth-order valence-electron chi connectivity index (χ4n) is 5.74. The summed E-state index contributed by atoms with van der Waals surface area (Å²) in [5, 5.41) is 23.3. The molecule has 11 nitrogen and oxygen atoms in total. The second-order valence-corrected chi connectivity index (χ2v) is 11.7. The van der Waals surface area contributed by atoms with Crippen LogP contribution >= 0.6 is 0 Å². The Hall–Kier alpha value is -5.84. The van der Waals surface area contributed by atoms with Crippen LogP contribution in [0.5, 0.6) is 5.75 Å². The number of benzene rings is 2. The van der Waals surface area contributed by atoms with Crippen molar-refractivity contribution < 1.29 is 34.1 Å². The second-order valence-electron chi connectivity index (χ2n) is 11.7. The first kappa shape index (κ1) is 33.5. The van der Waals surface area contributed by atoms with Gasteiger partial charge in [0.15, 0.2) is 0 Å². The van der Waals surface area contributed by atoms with Gasteiger partial charge in [0.05, 0.1) is 18.3 Å². The van der Waals surface area contributed by atoms with Gasteiger partial charge < -0.3 is 35.6 Å². The quantitative estimate of drug-likeness (QED) is 0.110. The number of aromatic nitrogens is 2. The molecule has 4 heterocycles. The van der Waals surface area contributed by atoms with Crippen LogP contribution in [0.4, 0.5) is 11.4 Å². The van der Waals surface area contributed by atoms with Crippen LogP contribution in [-0.2, 0) is 38.4 Å². The highest BCUT2D eigenvalue weighted by atomic mass is 16.5. The molecule has 2 amide bonds. The van der Waals surface area contributed by atoms with Crippen LogP contribution in [-0.4, -0.2) is 51.0 Å². The van der Waals surface area contributed by atoms with E-state index in [4.69, 9.17) is 14.9 Å². The van der Waals surface area contributed by atoms with Gasteiger partial charge in [-0.1, -0.05) is 13.0 Å². The number of nitrogens with one attached hydrogen (secondary N) is 4. The lowest BCUT2D eigenvalue weighted by Crippen LogP contribution is -2.03. The summed E-state index contributed by atoms with van der Waals surface area (Å²) >= 11 is 0. The van der Waals surface area contributed by atoms with Crippen molar-refractivity contribution in [2.75, 3.05) is 17.7 Å². The number of anilines is 2. The maximum atomic E-state index is 12.3. The molecule has 2 aliphatic heterocycles. The normalized spacial score (nSPS) is 14.7. The lowest BCUT2D eigenvalue weighted by molar-refractivity contribution is -0.138. The number of H-pyrrole nitrogens is 2. The number of aryl methyl sites for hydroxylation is 3. The Morgan fingerprint density at radius 3 is 1.69 bits per heavy atom. The van der Waals surface area contributed by atoms with Gasteiger partial charge >= 0.3 is 11.9 Å². The van der Waals surface area contributed by atoms with Crippen molar-refractivity contribution in [3.05, 3.63) is 99.1 Å². The number of rotatable bonds is 10. The molecule has 2 aromatic heterocycles. The molecule has 2 aromatic carbocycles. The number of carbonyl (C=O) groups excluding carboxylic acids is 2. The average Bonchev–Trinajstić information content (AvgIpc) is 3.78. The minimum absolute atomic E-state index is 0.0786. The zero-order chi connectivity index (χ0) is 34.5. The monoisotopic (exact) mass is 650 g/mol. The molecule has 0 atom stereocenters. The van der Waals surface area contributed by atoms with E-state index in [2.05, 4.69) is 27.5 Å². The van der Waals surface area contributed by atoms with Gasteiger partial charge in [-0.3, -0.25) is 19.2 Å². The van der Waals surface area contributed by atoms with E-state index in [1.54, 1.807) is 25.4 Å². The van der Waals surface area contributed by atoms with Gasteiger partial charge in [-0.2, -0.15) is 0 Å². The SMILES string of the molecule is CCc1ccc2c(c1)C(=Cc1[nH]cc(CCC(=O)O)c1C)C(=O)N2.COc1ccc2c(c1)C(=Cc1[nH]cc(CCC(=O)O)c1C)C(=O)N2. The van der Waals surface area contributed by atoms with Crippen LogP contribution < -0.4 is 15.4 Å². The van der Waals surface area contributed by atoms with Gasteiger partial charge in [0.25, 0.3) is 11.8 Å². The van der Waals surface area contributed by atoms with E-state index in [0.717, 1.165) is 62.6 Å². The molecule has 48 heavy (non-hydrogen) atoms. The zero-order valence-corrected chi connectivity index (χ0v) is 27.2. The van der Waals surface area contributed by atoms with Gasteiger partial charge in [0.1, 0.15) is 5.75 Å². The van der Waals surface area contributed by atoms with E-state index in [9.17, 15) is 19.2 Å². The molecule has 4 aromatic rings. The minimum Gasteiger partial charge on any atom is -0.497 e. The summed E-state index contributed by atoms with van der Waals surface area (Å²) in [5.74, 6) is -1.24. The van der Waals surface area contributed by atoms with Crippen molar-refractivity contribution in [3.8, 4) is 5.75 Å². The van der Waals surface area contributed by atoms with Crippen LogP contribution in [0.15, 0.2) is 48.8 Å². The maximum absolute atomic E-state index is 12.3. The van der Waals surface area contributed by atoms with Crippen molar-refractivity contribution in [2.45, 2.75) is 52.9 Å². The predicted molar refractivity (Wildman–Crippen MR) is 185 cm³/mol. The summed E-state index contributed by atoms with van der Waals surface area (Å²) < 4.78 is 5.23. The lowest BCUT2D eigenvalue weighted by Gasteiger charge is -2.03.